The SMILES string of the molecule is COC(=O)c1ccc2nc(CN3CCN(C(=O)c4cc(N(C)c5ccccc5)ncn4)CC3)n(C[C@@H]3CCO3)c2c1. The lowest BCUT2D eigenvalue weighted by atomic mass is 10.1. The molecule has 1 atom stereocenters. The fourth-order valence-electron chi connectivity index (χ4n) is 5.28. The van der Waals surface area contributed by atoms with Gasteiger partial charge in [-0.1, -0.05) is 18.2 Å². The van der Waals surface area contributed by atoms with Crippen molar-refractivity contribution in [1.29, 1.82) is 0 Å². The maximum atomic E-state index is 13.4. The highest BCUT2D eigenvalue weighted by atomic mass is 16.5. The van der Waals surface area contributed by atoms with Gasteiger partial charge in [-0.05, 0) is 36.8 Å². The Balaban J connectivity index is 1.14. The fraction of sp³-hybridized carbons (Fsp3) is 0.367. The number of fused-ring (bicyclic) bond motifs is 1. The van der Waals surface area contributed by atoms with E-state index in [0.29, 0.717) is 56.3 Å². The first kappa shape index (κ1) is 26.9. The second-order valence-electron chi connectivity index (χ2n) is 10.3. The normalized spacial score (nSPS) is 17.3. The van der Waals surface area contributed by atoms with Crippen LogP contribution in [0.2, 0.25) is 0 Å². The number of para-hydroxylation sites is 1. The number of rotatable bonds is 8. The molecule has 2 aromatic heterocycles. The molecule has 0 aliphatic carbocycles. The number of benzene rings is 2. The van der Waals surface area contributed by atoms with Crippen molar-refractivity contribution in [2.45, 2.75) is 25.6 Å². The average Bonchev–Trinajstić information content (AvgIpc) is 3.34. The number of hydrogen-bond acceptors (Lipinski definition) is 9. The quantitative estimate of drug-likeness (QED) is 0.303. The summed E-state index contributed by atoms with van der Waals surface area (Å²) < 4.78 is 12.8. The monoisotopic (exact) mass is 555 g/mol. The lowest BCUT2D eigenvalue weighted by Crippen LogP contribution is -2.48. The summed E-state index contributed by atoms with van der Waals surface area (Å²) in [5.41, 5.74) is 3.59. The first-order chi connectivity index (χ1) is 20.0. The number of carbonyl (C=O) groups excluding carboxylic acids is 2. The van der Waals surface area contributed by atoms with Crippen LogP contribution in [0.25, 0.3) is 11.0 Å². The number of esters is 1. The van der Waals surface area contributed by atoms with Gasteiger partial charge < -0.3 is 23.8 Å². The highest BCUT2D eigenvalue weighted by Gasteiger charge is 2.27. The number of ether oxygens (including phenoxy) is 2. The number of nitrogens with zero attached hydrogens (tertiary/aromatic N) is 7. The molecule has 4 aromatic rings. The second-order valence-corrected chi connectivity index (χ2v) is 10.3. The topological polar surface area (TPSA) is 106 Å². The number of carbonyl (C=O) groups is 2. The van der Waals surface area contributed by atoms with Gasteiger partial charge in [0.15, 0.2) is 0 Å². The van der Waals surface area contributed by atoms with Crippen molar-refractivity contribution >= 4 is 34.4 Å². The van der Waals surface area contributed by atoms with E-state index >= 15 is 0 Å². The van der Waals surface area contributed by atoms with Crippen LogP contribution in [0.15, 0.2) is 60.9 Å². The van der Waals surface area contributed by atoms with E-state index < -0.39 is 0 Å². The molecule has 2 aliphatic rings. The number of piperazine rings is 1. The van der Waals surface area contributed by atoms with Crippen molar-refractivity contribution < 1.29 is 19.1 Å². The summed E-state index contributed by atoms with van der Waals surface area (Å²) in [4.78, 5) is 45.2. The van der Waals surface area contributed by atoms with Gasteiger partial charge in [-0.15, -0.1) is 0 Å². The van der Waals surface area contributed by atoms with Gasteiger partial charge in [0.1, 0.15) is 23.7 Å². The third kappa shape index (κ3) is 5.63. The summed E-state index contributed by atoms with van der Waals surface area (Å²) in [5, 5.41) is 0. The Hall–Kier alpha value is -4.35. The number of aromatic nitrogens is 4. The Morgan fingerprint density at radius 3 is 2.54 bits per heavy atom. The number of imidazole rings is 1. The van der Waals surface area contributed by atoms with Crippen LogP contribution in [0, 0.1) is 0 Å². The standard InChI is InChI=1S/C30H33N7O4/c1-34(22-6-4-3-5-7-22)27-17-25(31-20-32-27)29(38)36-13-11-35(12-14-36)19-28-33-24-9-8-21(30(39)40-2)16-26(24)37(28)18-23-10-15-41-23/h3-9,16-17,20,23H,10-15,18-19H2,1-2H3/t23-/m0/s1. The first-order valence-electron chi connectivity index (χ1n) is 13.8. The highest BCUT2D eigenvalue weighted by Crippen LogP contribution is 2.25. The van der Waals surface area contributed by atoms with Crippen molar-refractivity contribution in [3.05, 3.63) is 78.0 Å². The summed E-state index contributed by atoms with van der Waals surface area (Å²) in [6, 6.07) is 17.1. The van der Waals surface area contributed by atoms with Crippen LogP contribution in [0.1, 0.15) is 33.1 Å². The maximum Gasteiger partial charge on any atom is 0.337 e. The zero-order chi connectivity index (χ0) is 28.3. The van der Waals surface area contributed by atoms with Gasteiger partial charge in [0.05, 0.1) is 42.9 Å². The number of anilines is 2. The maximum absolute atomic E-state index is 13.4. The molecule has 1 amide bonds. The van der Waals surface area contributed by atoms with Gasteiger partial charge in [0.2, 0.25) is 0 Å². The minimum Gasteiger partial charge on any atom is -0.465 e. The Labute approximate surface area is 238 Å². The van der Waals surface area contributed by atoms with Crippen molar-refractivity contribution in [3.8, 4) is 0 Å². The molecule has 4 heterocycles. The van der Waals surface area contributed by atoms with E-state index in [4.69, 9.17) is 14.5 Å². The van der Waals surface area contributed by atoms with Crippen LogP contribution in [-0.4, -0.2) is 94.2 Å². The number of hydrogen-bond donors (Lipinski definition) is 0. The van der Waals surface area contributed by atoms with Crippen molar-refractivity contribution in [1.82, 2.24) is 29.3 Å². The van der Waals surface area contributed by atoms with Gasteiger partial charge in [0, 0.05) is 51.6 Å². The smallest absolute Gasteiger partial charge is 0.337 e. The minimum absolute atomic E-state index is 0.0977. The molecule has 0 bridgehead atoms. The predicted octanol–water partition coefficient (Wildman–Crippen LogP) is 3.13. The predicted molar refractivity (Wildman–Crippen MR) is 153 cm³/mol. The van der Waals surface area contributed by atoms with Gasteiger partial charge in [-0.25, -0.2) is 19.7 Å². The third-order valence-corrected chi connectivity index (χ3v) is 7.81. The van der Waals surface area contributed by atoms with Gasteiger partial charge in [-0.2, -0.15) is 0 Å². The molecule has 0 spiro atoms. The summed E-state index contributed by atoms with van der Waals surface area (Å²) >= 11 is 0. The van der Waals surface area contributed by atoms with E-state index in [9.17, 15) is 9.59 Å². The highest BCUT2D eigenvalue weighted by molar-refractivity contribution is 5.94. The Bertz CT molecular complexity index is 1550. The summed E-state index contributed by atoms with van der Waals surface area (Å²) in [6.45, 7) is 4.69. The van der Waals surface area contributed by atoms with Crippen LogP contribution >= 0.6 is 0 Å². The molecule has 212 valence electrons. The lowest BCUT2D eigenvalue weighted by Gasteiger charge is -2.34. The van der Waals surface area contributed by atoms with Crippen LogP contribution in [-0.2, 0) is 22.6 Å². The molecule has 41 heavy (non-hydrogen) atoms. The molecular formula is C30H33N7O4. The molecule has 0 unspecified atom stereocenters. The zero-order valence-electron chi connectivity index (χ0n) is 23.3. The van der Waals surface area contributed by atoms with Gasteiger partial charge >= 0.3 is 5.97 Å². The lowest BCUT2D eigenvalue weighted by molar-refractivity contribution is -0.0592. The molecule has 11 nitrogen and oxygen atoms in total. The Morgan fingerprint density at radius 1 is 1.05 bits per heavy atom. The largest absolute Gasteiger partial charge is 0.465 e. The minimum atomic E-state index is -0.371. The van der Waals surface area contributed by atoms with Crippen LogP contribution in [0.3, 0.4) is 0 Å². The van der Waals surface area contributed by atoms with Crippen molar-refractivity contribution in [3.63, 3.8) is 0 Å². The molecule has 0 radical (unpaired) electrons. The molecule has 0 saturated carbocycles. The van der Waals surface area contributed by atoms with Gasteiger partial charge in [0.25, 0.3) is 5.91 Å². The first-order valence-corrected chi connectivity index (χ1v) is 13.8. The average molecular weight is 556 g/mol. The molecule has 6 rings (SSSR count). The van der Waals surface area contributed by atoms with Crippen molar-refractivity contribution in [2.75, 3.05) is 51.8 Å². The van der Waals surface area contributed by atoms with Crippen LogP contribution in [0.4, 0.5) is 11.5 Å². The molecule has 2 aromatic carbocycles. The number of amides is 1. The number of methoxy groups -OCH3 is 1. The molecule has 11 heteroatoms. The summed E-state index contributed by atoms with van der Waals surface area (Å²) in [5.74, 6) is 1.11. The fourth-order valence-corrected chi connectivity index (χ4v) is 5.28. The third-order valence-electron chi connectivity index (χ3n) is 7.81. The molecule has 2 saturated heterocycles. The van der Waals surface area contributed by atoms with Crippen LogP contribution in [0.5, 0.6) is 0 Å². The second kappa shape index (κ2) is 11.6. The van der Waals surface area contributed by atoms with E-state index in [2.05, 4.69) is 19.4 Å². The van der Waals surface area contributed by atoms with E-state index in [1.54, 1.807) is 12.1 Å². The molecule has 2 fully saturated rings. The van der Waals surface area contributed by atoms with E-state index in [-0.39, 0.29) is 18.0 Å². The summed E-state index contributed by atoms with van der Waals surface area (Å²) in [6.07, 6.45) is 2.59. The van der Waals surface area contributed by atoms with E-state index in [0.717, 1.165) is 35.6 Å². The molecule has 0 N–H and O–H groups in total. The molecular weight excluding hydrogens is 522 g/mol. The van der Waals surface area contributed by atoms with Crippen LogP contribution < -0.4 is 4.90 Å². The zero-order valence-corrected chi connectivity index (χ0v) is 23.3. The van der Waals surface area contributed by atoms with Crippen molar-refractivity contribution in [2.24, 2.45) is 0 Å². The Morgan fingerprint density at radius 2 is 1.83 bits per heavy atom. The summed E-state index contributed by atoms with van der Waals surface area (Å²) in [7, 11) is 3.31. The van der Waals surface area contributed by atoms with E-state index in [1.807, 2.05) is 59.3 Å². The Kier molecular flexibility index (Phi) is 7.62. The van der Waals surface area contributed by atoms with Gasteiger partial charge in [-0.3, -0.25) is 9.69 Å². The van der Waals surface area contributed by atoms with E-state index in [1.165, 1.54) is 13.4 Å². The molecule has 2 aliphatic heterocycles.